The van der Waals surface area contributed by atoms with Crippen LogP contribution in [0.2, 0.25) is 0 Å². The van der Waals surface area contributed by atoms with Crippen molar-refractivity contribution in [3.63, 3.8) is 0 Å². The summed E-state index contributed by atoms with van der Waals surface area (Å²) in [4.78, 5) is 44.4. The summed E-state index contributed by atoms with van der Waals surface area (Å²) in [6.07, 6.45) is 3.27. The number of pyridine rings is 3. The number of benzene rings is 10. The van der Waals surface area contributed by atoms with Crippen molar-refractivity contribution in [1.82, 2.24) is 34.9 Å². The molecule has 0 bridgehead atoms. The van der Waals surface area contributed by atoms with E-state index in [-0.39, 0.29) is 25.8 Å². The average molecular weight is 1240 g/mol. The van der Waals surface area contributed by atoms with Crippen LogP contribution < -0.4 is 0 Å². The second-order valence-corrected chi connectivity index (χ2v) is 19.6. The summed E-state index contributed by atoms with van der Waals surface area (Å²) in [5.74, 6) is 0.460. The zero-order chi connectivity index (χ0) is 54.8. The molecule has 5 aromatic heterocycles. The van der Waals surface area contributed by atoms with Crippen molar-refractivity contribution in [3.05, 3.63) is 260 Å². The predicted octanol–water partition coefficient (Wildman–Crippen LogP) is 17.0. The number of aromatic nitrogens is 7. The second-order valence-electron chi connectivity index (χ2n) is 19.6. The van der Waals surface area contributed by atoms with Gasteiger partial charge in [0.25, 0.3) is 0 Å². The van der Waals surface area contributed by atoms with Gasteiger partial charge in [0, 0.05) is 91.6 Å². The molecular formula is C72H49IrN7O2-2. The van der Waals surface area contributed by atoms with E-state index in [0.717, 1.165) is 146 Å². The molecule has 0 amide bonds. The van der Waals surface area contributed by atoms with Crippen molar-refractivity contribution >= 4 is 71.1 Å². The topological polar surface area (TPSA) is 128 Å². The summed E-state index contributed by atoms with van der Waals surface area (Å²) in [5, 5.41) is 17.3. The second kappa shape index (κ2) is 23.0. The van der Waals surface area contributed by atoms with E-state index in [4.69, 9.17) is 35.0 Å². The summed E-state index contributed by atoms with van der Waals surface area (Å²) >= 11 is 0. The zero-order valence-corrected chi connectivity index (χ0v) is 47.1. The molecule has 0 saturated heterocycles. The van der Waals surface area contributed by atoms with E-state index in [9.17, 15) is 4.79 Å². The molecule has 10 aromatic carbocycles. The smallest absolute Gasteiger partial charge is 0.354 e. The molecular weight excluding hydrogens is 1190 g/mol. The molecule has 0 aliphatic carbocycles. The van der Waals surface area contributed by atoms with Crippen LogP contribution in [0.5, 0.6) is 0 Å². The SMILES string of the molecule is CCc1ccc[c-]c1-c1nc2ccc3c(-c4ccccc4)nc(-c4ccccc4)c4ccc(n1)c2c34.CCc1ccc[c-]c1-c1nc2ccc3c(-c4ccccc4)nc(-c4ccccc4)c4ccc(n1)c2c34.O=C(O)c1ccccn1.[Ir]. The summed E-state index contributed by atoms with van der Waals surface area (Å²) in [6.45, 7) is 4.31. The van der Waals surface area contributed by atoms with Gasteiger partial charge in [0.2, 0.25) is 0 Å². The molecule has 5 heterocycles. The molecule has 15 aromatic rings. The van der Waals surface area contributed by atoms with Crippen LogP contribution in [0.3, 0.4) is 0 Å². The molecule has 15 rings (SSSR count). The molecule has 9 nitrogen and oxygen atoms in total. The number of aromatic carboxylic acids is 1. The Morgan fingerprint density at radius 3 is 0.988 bits per heavy atom. The minimum absolute atomic E-state index is 0. The summed E-state index contributed by atoms with van der Waals surface area (Å²) in [6, 6.07) is 82.5. The number of carbonyl (C=O) groups is 1. The van der Waals surface area contributed by atoms with Gasteiger partial charge in [-0.3, -0.25) is 19.9 Å². The number of aryl methyl sites for hydroxylation is 2. The van der Waals surface area contributed by atoms with Crippen molar-refractivity contribution in [2.24, 2.45) is 0 Å². The Balaban J connectivity index is 0.000000139. The molecule has 0 atom stereocenters. The van der Waals surface area contributed by atoms with Gasteiger partial charge in [-0.15, -0.1) is 70.8 Å². The Labute approximate surface area is 487 Å². The normalized spacial score (nSPS) is 11.1. The fourth-order valence-electron chi connectivity index (χ4n) is 11.0. The molecule has 10 heteroatoms. The minimum atomic E-state index is -0.990. The first kappa shape index (κ1) is 52.7. The van der Waals surface area contributed by atoms with Crippen LogP contribution in [-0.2, 0) is 32.9 Å². The third kappa shape index (κ3) is 9.85. The Morgan fingerprint density at radius 2 is 0.707 bits per heavy atom. The van der Waals surface area contributed by atoms with Gasteiger partial charge in [0.15, 0.2) is 0 Å². The summed E-state index contributed by atoms with van der Waals surface area (Å²) in [7, 11) is 0. The number of rotatable bonds is 9. The number of hydrogen-bond donors (Lipinski definition) is 1. The predicted molar refractivity (Wildman–Crippen MR) is 327 cm³/mol. The molecule has 0 fully saturated rings. The van der Waals surface area contributed by atoms with E-state index >= 15 is 0 Å². The Kier molecular flexibility index (Phi) is 14.8. The average Bonchev–Trinajstić information content (AvgIpc) is 2.59. The molecule has 0 aliphatic heterocycles. The van der Waals surface area contributed by atoms with E-state index in [1.165, 1.54) is 23.4 Å². The molecule has 0 spiro atoms. The van der Waals surface area contributed by atoms with Crippen LogP contribution in [0.4, 0.5) is 0 Å². The monoisotopic (exact) mass is 1240 g/mol. The maximum atomic E-state index is 10.1. The minimum Gasteiger partial charge on any atom is -0.477 e. The number of hydrogen-bond acceptors (Lipinski definition) is 8. The zero-order valence-electron chi connectivity index (χ0n) is 44.7. The van der Waals surface area contributed by atoms with E-state index in [1.54, 1.807) is 12.1 Å². The van der Waals surface area contributed by atoms with E-state index in [0.29, 0.717) is 0 Å². The Morgan fingerprint density at radius 1 is 0.378 bits per heavy atom. The standard InChI is InChI=1S/2C33H22N3.C6H5NO2.Ir/c2*1-2-21-11-9-10-16-24(21)33-34-27-19-17-25-29-26(18-20-28(35-33)30(27)29)32(23-14-7-4-8-15-23)36-31(25)22-12-5-3-6-13-22;8-6(9)5-3-1-2-4-7-5;/h2*3-15,17-20H,2H2,1H3;1-4H,(H,8,9);/q2*-1;;. The Hall–Kier alpha value is -9.99. The van der Waals surface area contributed by atoms with Crippen LogP contribution in [0, 0.1) is 12.1 Å². The fraction of sp³-hybridized carbons (Fsp3) is 0.0556. The van der Waals surface area contributed by atoms with Crippen molar-refractivity contribution in [2.45, 2.75) is 26.7 Å². The van der Waals surface area contributed by atoms with Gasteiger partial charge in [0.05, 0.1) is 56.5 Å². The molecule has 1 radical (unpaired) electrons. The van der Waals surface area contributed by atoms with Crippen molar-refractivity contribution < 1.29 is 30.0 Å². The van der Waals surface area contributed by atoms with Crippen LogP contribution in [0.1, 0.15) is 35.5 Å². The third-order valence-corrected chi connectivity index (χ3v) is 14.8. The van der Waals surface area contributed by atoms with Crippen LogP contribution in [0.15, 0.2) is 231 Å². The van der Waals surface area contributed by atoms with Crippen molar-refractivity contribution in [1.29, 1.82) is 0 Å². The number of carboxylic acids is 1. The first-order valence-electron chi connectivity index (χ1n) is 27.0. The summed E-state index contributed by atoms with van der Waals surface area (Å²) in [5.41, 5.74) is 16.5. The van der Waals surface area contributed by atoms with Crippen LogP contribution >= 0.6 is 0 Å². The van der Waals surface area contributed by atoms with Gasteiger partial charge in [-0.1, -0.05) is 178 Å². The maximum Gasteiger partial charge on any atom is 0.354 e. The molecule has 0 saturated carbocycles. The third-order valence-electron chi connectivity index (χ3n) is 14.8. The van der Waals surface area contributed by atoms with Gasteiger partial charge in [-0.05, 0) is 36.4 Å². The van der Waals surface area contributed by atoms with Gasteiger partial charge in [-0.2, -0.15) is 0 Å². The summed E-state index contributed by atoms with van der Waals surface area (Å²) < 4.78 is 0. The fourth-order valence-corrected chi connectivity index (χ4v) is 11.0. The van der Waals surface area contributed by atoms with Gasteiger partial charge in [0.1, 0.15) is 5.69 Å². The number of nitrogens with zero attached hydrogens (tertiary/aromatic N) is 7. The van der Waals surface area contributed by atoms with Crippen LogP contribution in [0.25, 0.3) is 133 Å². The largest absolute Gasteiger partial charge is 0.477 e. The first-order chi connectivity index (χ1) is 39.9. The molecule has 82 heavy (non-hydrogen) atoms. The van der Waals surface area contributed by atoms with Gasteiger partial charge >= 0.3 is 5.97 Å². The van der Waals surface area contributed by atoms with Gasteiger partial charge < -0.3 is 5.11 Å². The van der Waals surface area contributed by atoms with E-state index in [1.807, 2.05) is 48.5 Å². The molecule has 1 N–H and O–H groups in total. The molecule has 0 unspecified atom stereocenters. The Bertz CT molecular complexity index is 4250. The van der Waals surface area contributed by atoms with Crippen molar-refractivity contribution in [2.75, 3.05) is 0 Å². The van der Waals surface area contributed by atoms with E-state index in [2.05, 4.69) is 189 Å². The van der Waals surface area contributed by atoms with Crippen LogP contribution in [-0.4, -0.2) is 46.0 Å². The number of carboxylic acid groups (broad SMARTS) is 1. The quantitative estimate of drug-likeness (QED) is 0.111. The molecule has 395 valence electrons. The maximum absolute atomic E-state index is 10.1. The molecule has 0 aliphatic rings. The van der Waals surface area contributed by atoms with Gasteiger partial charge in [-0.25, -0.2) is 19.7 Å². The first-order valence-corrected chi connectivity index (χ1v) is 27.0. The van der Waals surface area contributed by atoms with E-state index < -0.39 is 5.97 Å². The van der Waals surface area contributed by atoms with Crippen molar-refractivity contribution in [3.8, 4) is 67.8 Å².